The molecule has 0 unspecified atom stereocenters. The highest BCUT2D eigenvalue weighted by Crippen LogP contribution is 2.24. The Labute approximate surface area is 105 Å². The van der Waals surface area contributed by atoms with Crippen molar-refractivity contribution in [2.24, 2.45) is 0 Å². The zero-order chi connectivity index (χ0) is 13.2. The smallest absolute Gasteiger partial charge is 0.406 e. The SMILES string of the molecule is FC(F)(F)Oc1cccc(-n2nncc2CCl)c1. The first kappa shape index (κ1) is 12.7. The van der Waals surface area contributed by atoms with Crippen LogP contribution in [0.15, 0.2) is 30.5 Å². The second kappa shape index (κ2) is 4.85. The van der Waals surface area contributed by atoms with Crippen molar-refractivity contribution in [2.45, 2.75) is 12.2 Å². The van der Waals surface area contributed by atoms with Crippen molar-refractivity contribution >= 4 is 11.6 Å². The molecule has 18 heavy (non-hydrogen) atoms. The Bertz CT molecular complexity index is 541. The van der Waals surface area contributed by atoms with Crippen molar-refractivity contribution in [3.63, 3.8) is 0 Å². The molecule has 0 saturated carbocycles. The van der Waals surface area contributed by atoms with Crippen molar-refractivity contribution < 1.29 is 17.9 Å². The minimum atomic E-state index is -4.73. The fraction of sp³-hybridized carbons (Fsp3) is 0.200. The molecule has 8 heteroatoms. The fourth-order valence-corrected chi connectivity index (χ4v) is 1.56. The zero-order valence-corrected chi connectivity index (χ0v) is 9.61. The van der Waals surface area contributed by atoms with Gasteiger partial charge in [-0.1, -0.05) is 11.3 Å². The second-order valence-corrected chi connectivity index (χ2v) is 3.58. The molecule has 0 aliphatic heterocycles. The summed E-state index contributed by atoms with van der Waals surface area (Å²) < 4.78 is 41.4. The van der Waals surface area contributed by atoms with Crippen LogP contribution in [0.25, 0.3) is 5.69 Å². The first-order chi connectivity index (χ1) is 8.49. The number of benzene rings is 1. The third-order valence-corrected chi connectivity index (χ3v) is 2.33. The van der Waals surface area contributed by atoms with Crippen molar-refractivity contribution in [1.82, 2.24) is 15.0 Å². The van der Waals surface area contributed by atoms with Gasteiger partial charge in [0.05, 0.1) is 23.5 Å². The van der Waals surface area contributed by atoms with Crippen molar-refractivity contribution in [1.29, 1.82) is 0 Å². The lowest BCUT2D eigenvalue weighted by atomic mass is 10.3. The highest BCUT2D eigenvalue weighted by molar-refractivity contribution is 6.16. The molecule has 4 nitrogen and oxygen atoms in total. The van der Waals surface area contributed by atoms with E-state index in [0.29, 0.717) is 11.4 Å². The van der Waals surface area contributed by atoms with E-state index in [1.807, 2.05) is 0 Å². The maximum atomic E-state index is 12.1. The van der Waals surface area contributed by atoms with E-state index in [2.05, 4.69) is 15.0 Å². The number of alkyl halides is 4. The molecule has 0 amide bonds. The van der Waals surface area contributed by atoms with Crippen LogP contribution >= 0.6 is 11.6 Å². The van der Waals surface area contributed by atoms with E-state index < -0.39 is 6.36 Å². The number of ether oxygens (including phenoxy) is 1. The van der Waals surface area contributed by atoms with E-state index in [1.54, 1.807) is 6.07 Å². The molecular weight excluding hydrogens is 271 g/mol. The fourth-order valence-electron chi connectivity index (χ4n) is 1.38. The van der Waals surface area contributed by atoms with Crippen LogP contribution in [0.3, 0.4) is 0 Å². The molecule has 1 aromatic carbocycles. The lowest BCUT2D eigenvalue weighted by molar-refractivity contribution is -0.274. The summed E-state index contributed by atoms with van der Waals surface area (Å²) in [7, 11) is 0. The average Bonchev–Trinajstić information content (AvgIpc) is 2.75. The van der Waals surface area contributed by atoms with Crippen molar-refractivity contribution in [3.8, 4) is 11.4 Å². The van der Waals surface area contributed by atoms with Crippen LogP contribution in [0.4, 0.5) is 13.2 Å². The summed E-state index contributed by atoms with van der Waals surface area (Å²) in [6.45, 7) is 0. The minimum absolute atomic E-state index is 0.150. The quantitative estimate of drug-likeness (QED) is 0.810. The Morgan fingerprint density at radius 2 is 2.11 bits per heavy atom. The van der Waals surface area contributed by atoms with E-state index in [-0.39, 0.29) is 11.6 Å². The molecule has 0 atom stereocenters. The number of aromatic nitrogens is 3. The predicted molar refractivity (Wildman–Crippen MR) is 57.6 cm³/mol. The molecular formula is C10H7ClF3N3O. The van der Waals surface area contributed by atoms with E-state index in [4.69, 9.17) is 11.6 Å². The Morgan fingerprint density at radius 1 is 1.33 bits per heavy atom. The Morgan fingerprint density at radius 3 is 2.78 bits per heavy atom. The minimum Gasteiger partial charge on any atom is -0.406 e. The predicted octanol–water partition coefficient (Wildman–Crippen LogP) is 2.90. The van der Waals surface area contributed by atoms with Crippen LogP contribution in [0.1, 0.15) is 5.69 Å². The van der Waals surface area contributed by atoms with Gasteiger partial charge in [-0.2, -0.15) is 0 Å². The highest BCUT2D eigenvalue weighted by atomic mass is 35.5. The summed E-state index contributed by atoms with van der Waals surface area (Å²) in [6, 6.07) is 5.41. The van der Waals surface area contributed by atoms with Crippen molar-refractivity contribution in [2.75, 3.05) is 0 Å². The van der Waals surface area contributed by atoms with Gasteiger partial charge in [0, 0.05) is 6.07 Å². The summed E-state index contributed by atoms with van der Waals surface area (Å²) in [5.41, 5.74) is 0.964. The van der Waals surface area contributed by atoms with Gasteiger partial charge in [0.15, 0.2) is 0 Å². The largest absolute Gasteiger partial charge is 0.573 e. The van der Waals surface area contributed by atoms with Gasteiger partial charge in [-0.15, -0.1) is 29.9 Å². The van der Waals surface area contributed by atoms with Crippen LogP contribution in [0.5, 0.6) is 5.75 Å². The first-order valence-corrected chi connectivity index (χ1v) is 5.35. The summed E-state index contributed by atoms with van der Waals surface area (Å²) in [6.07, 6.45) is -3.29. The Balaban J connectivity index is 2.33. The molecule has 1 aromatic heterocycles. The Hall–Kier alpha value is -1.76. The summed E-state index contributed by atoms with van der Waals surface area (Å²) >= 11 is 5.66. The van der Waals surface area contributed by atoms with E-state index in [9.17, 15) is 13.2 Å². The van der Waals surface area contributed by atoms with Gasteiger partial charge < -0.3 is 4.74 Å². The normalized spacial score (nSPS) is 11.6. The number of halogens is 4. The van der Waals surface area contributed by atoms with Gasteiger partial charge >= 0.3 is 6.36 Å². The molecule has 0 saturated heterocycles. The molecule has 2 aromatic rings. The summed E-state index contributed by atoms with van der Waals surface area (Å²) in [4.78, 5) is 0. The maximum absolute atomic E-state index is 12.1. The lowest BCUT2D eigenvalue weighted by Crippen LogP contribution is -2.17. The standard InChI is InChI=1S/C10H7ClF3N3O/c11-5-8-6-15-16-17(8)7-2-1-3-9(4-7)18-10(12,13)14/h1-4,6H,5H2. The molecule has 2 rings (SSSR count). The summed E-state index contributed by atoms with van der Waals surface area (Å²) in [5, 5.41) is 7.38. The molecule has 0 aliphatic rings. The topological polar surface area (TPSA) is 39.9 Å². The van der Waals surface area contributed by atoms with E-state index in [0.717, 1.165) is 0 Å². The number of hydrogen-bond donors (Lipinski definition) is 0. The van der Waals surface area contributed by atoms with Crippen LogP contribution < -0.4 is 4.74 Å². The van der Waals surface area contributed by atoms with Crippen LogP contribution in [0.2, 0.25) is 0 Å². The molecule has 0 bridgehead atoms. The first-order valence-electron chi connectivity index (χ1n) is 4.81. The second-order valence-electron chi connectivity index (χ2n) is 3.32. The van der Waals surface area contributed by atoms with Gasteiger partial charge in [-0.3, -0.25) is 0 Å². The number of nitrogens with zero attached hydrogens (tertiary/aromatic N) is 3. The third kappa shape index (κ3) is 2.92. The van der Waals surface area contributed by atoms with Crippen LogP contribution in [0, 0.1) is 0 Å². The van der Waals surface area contributed by atoms with Gasteiger partial charge in [0.2, 0.25) is 0 Å². The maximum Gasteiger partial charge on any atom is 0.573 e. The van der Waals surface area contributed by atoms with Gasteiger partial charge in [-0.25, -0.2) is 4.68 Å². The monoisotopic (exact) mass is 277 g/mol. The molecule has 1 heterocycles. The van der Waals surface area contributed by atoms with Crippen LogP contribution in [-0.4, -0.2) is 21.4 Å². The zero-order valence-electron chi connectivity index (χ0n) is 8.86. The average molecular weight is 278 g/mol. The molecule has 96 valence electrons. The number of rotatable bonds is 3. The summed E-state index contributed by atoms with van der Waals surface area (Å²) in [5.74, 6) is -0.173. The molecule has 0 spiro atoms. The highest BCUT2D eigenvalue weighted by Gasteiger charge is 2.31. The van der Waals surface area contributed by atoms with Gasteiger partial charge in [0.1, 0.15) is 5.75 Å². The van der Waals surface area contributed by atoms with Gasteiger partial charge in [-0.05, 0) is 12.1 Å². The van der Waals surface area contributed by atoms with Crippen LogP contribution in [-0.2, 0) is 5.88 Å². The molecule has 0 fully saturated rings. The molecule has 0 N–H and O–H groups in total. The number of hydrogen-bond acceptors (Lipinski definition) is 3. The third-order valence-electron chi connectivity index (χ3n) is 2.05. The van der Waals surface area contributed by atoms with Crippen molar-refractivity contribution in [3.05, 3.63) is 36.2 Å². The van der Waals surface area contributed by atoms with Gasteiger partial charge in [0.25, 0.3) is 0 Å². The van der Waals surface area contributed by atoms with E-state index >= 15 is 0 Å². The Kier molecular flexibility index (Phi) is 3.42. The molecule has 0 aliphatic carbocycles. The lowest BCUT2D eigenvalue weighted by Gasteiger charge is -2.10. The van der Waals surface area contributed by atoms with E-state index in [1.165, 1.54) is 29.1 Å². The molecule has 0 radical (unpaired) electrons.